The van der Waals surface area contributed by atoms with Crippen LogP contribution in [-0.4, -0.2) is 26.2 Å². The van der Waals surface area contributed by atoms with Crippen LogP contribution < -0.4 is 14.8 Å². The van der Waals surface area contributed by atoms with E-state index in [1.807, 2.05) is 24.3 Å². The summed E-state index contributed by atoms with van der Waals surface area (Å²) in [5, 5.41) is 2.78. The van der Waals surface area contributed by atoms with Crippen LogP contribution in [0.2, 0.25) is 0 Å². The van der Waals surface area contributed by atoms with Crippen LogP contribution in [0.3, 0.4) is 0 Å². The SMILES string of the molecule is CCCS(=O)(=O)Nc1ccc(NC(=O)C(C)Oc2cccc(C(C)(C)C)c2)cc1. The number of benzene rings is 2. The van der Waals surface area contributed by atoms with Crippen LogP contribution in [0.1, 0.15) is 46.6 Å². The van der Waals surface area contributed by atoms with E-state index in [0.717, 1.165) is 5.56 Å². The van der Waals surface area contributed by atoms with Crippen molar-refractivity contribution in [3.8, 4) is 5.75 Å². The smallest absolute Gasteiger partial charge is 0.265 e. The molecule has 0 aromatic heterocycles. The lowest BCUT2D eigenvalue weighted by Gasteiger charge is -2.21. The first kappa shape index (κ1) is 22.7. The lowest BCUT2D eigenvalue weighted by molar-refractivity contribution is -0.122. The van der Waals surface area contributed by atoms with Crippen molar-refractivity contribution in [3.63, 3.8) is 0 Å². The summed E-state index contributed by atoms with van der Waals surface area (Å²) in [7, 11) is -3.34. The van der Waals surface area contributed by atoms with Gasteiger partial charge in [0.2, 0.25) is 10.0 Å². The first-order chi connectivity index (χ1) is 13.5. The zero-order chi connectivity index (χ0) is 21.7. The molecule has 1 unspecified atom stereocenters. The Morgan fingerprint density at radius 3 is 2.28 bits per heavy atom. The summed E-state index contributed by atoms with van der Waals surface area (Å²) in [6, 6.07) is 14.2. The highest BCUT2D eigenvalue weighted by molar-refractivity contribution is 7.92. The number of nitrogens with one attached hydrogen (secondary N) is 2. The van der Waals surface area contributed by atoms with E-state index in [0.29, 0.717) is 23.5 Å². The van der Waals surface area contributed by atoms with E-state index in [-0.39, 0.29) is 17.1 Å². The van der Waals surface area contributed by atoms with Gasteiger partial charge in [0, 0.05) is 11.4 Å². The van der Waals surface area contributed by atoms with Gasteiger partial charge >= 0.3 is 0 Å². The molecule has 0 aliphatic carbocycles. The van der Waals surface area contributed by atoms with Crippen LogP contribution in [0.15, 0.2) is 48.5 Å². The normalized spacial score (nSPS) is 12.9. The van der Waals surface area contributed by atoms with Crippen LogP contribution in [0, 0.1) is 0 Å². The average Bonchev–Trinajstić information content (AvgIpc) is 2.62. The van der Waals surface area contributed by atoms with Crippen LogP contribution in [0.5, 0.6) is 5.75 Å². The van der Waals surface area contributed by atoms with Gasteiger partial charge in [0.05, 0.1) is 5.75 Å². The van der Waals surface area contributed by atoms with Crippen molar-refractivity contribution in [3.05, 3.63) is 54.1 Å². The van der Waals surface area contributed by atoms with Gasteiger partial charge in [0.25, 0.3) is 5.91 Å². The summed E-state index contributed by atoms with van der Waals surface area (Å²) < 4.78 is 31.9. The fraction of sp³-hybridized carbons (Fsp3) is 0.409. The lowest BCUT2D eigenvalue weighted by atomic mass is 9.87. The van der Waals surface area contributed by atoms with E-state index in [2.05, 4.69) is 30.8 Å². The van der Waals surface area contributed by atoms with Gasteiger partial charge in [-0.1, -0.05) is 39.8 Å². The summed E-state index contributed by atoms with van der Waals surface area (Å²) in [4.78, 5) is 12.4. The average molecular weight is 419 g/mol. The largest absolute Gasteiger partial charge is 0.481 e. The van der Waals surface area contributed by atoms with E-state index in [1.165, 1.54) is 0 Å². The van der Waals surface area contributed by atoms with E-state index in [9.17, 15) is 13.2 Å². The van der Waals surface area contributed by atoms with Crippen LogP contribution in [0.25, 0.3) is 0 Å². The van der Waals surface area contributed by atoms with Gasteiger partial charge in [0.1, 0.15) is 5.75 Å². The molecule has 29 heavy (non-hydrogen) atoms. The van der Waals surface area contributed by atoms with Gasteiger partial charge in [-0.25, -0.2) is 8.42 Å². The lowest BCUT2D eigenvalue weighted by Crippen LogP contribution is -2.30. The summed E-state index contributed by atoms with van der Waals surface area (Å²) in [6.45, 7) is 9.85. The number of ether oxygens (including phenoxy) is 1. The molecule has 6 nitrogen and oxygen atoms in total. The van der Waals surface area contributed by atoms with Gasteiger partial charge in [-0.3, -0.25) is 9.52 Å². The van der Waals surface area contributed by atoms with Crippen molar-refractivity contribution >= 4 is 27.3 Å². The number of hydrogen-bond donors (Lipinski definition) is 2. The fourth-order valence-electron chi connectivity index (χ4n) is 2.66. The maximum Gasteiger partial charge on any atom is 0.265 e. The Morgan fingerprint density at radius 1 is 1.07 bits per heavy atom. The predicted octanol–water partition coefficient (Wildman–Crippen LogP) is 4.54. The first-order valence-electron chi connectivity index (χ1n) is 9.69. The highest BCUT2D eigenvalue weighted by Gasteiger charge is 2.18. The third kappa shape index (κ3) is 7.09. The number of hydrogen-bond acceptors (Lipinski definition) is 4. The maximum atomic E-state index is 12.4. The Hall–Kier alpha value is -2.54. The molecule has 158 valence electrons. The zero-order valence-corrected chi connectivity index (χ0v) is 18.5. The summed E-state index contributed by atoms with van der Waals surface area (Å²) in [5.74, 6) is 0.419. The van der Waals surface area contributed by atoms with Gasteiger partial charge in [0.15, 0.2) is 6.10 Å². The summed E-state index contributed by atoms with van der Waals surface area (Å²) in [6.07, 6.45) is -0.145. The van der Waals surface area contributed by atoms with Crippen molar-refractivity contribution in [2.75, 3.05) is 15.8 Å². The molecule has 0 aliphatic rings. The van der Waals surface area contributed by atoms with Crippen LogP contribution in [-0.2, 0) is 20.2 Å². The van der Waals surface area contributed by atoms with Gasteiger partial charge in [-0.15, -0.1) is 0 Å². The number of amides is 1. The maximum absolute atomic E-state index is 12.4. The second-order valence-corrected chi connectivity index (χ2v) is 9.87. The van der Waals surface area contributed by atoms with E-state index >= 15 is 0 Å². The third-order valence-corrected chi connectivity index (χ3v) is 5.77. The highest BCUT2D eigenvalue weighted by Crippen LogP contribution is 2.26. The molecule has 0 spiro atoms. The number of anilines is 2. The van der Waals surface area contributed by atoms with Crippen molar-refractivity contribution in [1.29, 1.82) is 0 Å². The standard InChI is InChI=1S/C22H30N2O4S/c1-6-14-29(26,27)24-19-12-10-18(11-13-19)23-21(25)16(2)28-20-9-7-8-17(15-20)22(3,4)5/h7-13,15-16,24H,6,14H2,1-5H3,(H,23,25). The van der Waals surface area contributed by atoms with E-state index in [4.69, 9.17) is 4.74 Å². The van der Waals surface area contributed by atoms with Gasteiger partial charge < -0.3 is 10.1 Å². The Morgan fingerprint density at radius 2 is 1.69 bits per heavy atom. The molecule has 0 radical (unpaired) electrons. The Balaban J connectivity index is 1.98. The van der Waals surface area contributed by atoms with Crippen molar-refractivity contribution < 1.29 is 17.9 Å². The number of rotatable bonds is 8. The molecule has 7 heteroatoms. The monoisotopic (exact) mass is 418 g/mol. The molecule has 0 heterocycles. The second kappa shape index (κ2) is 9.31. The molecule has 0 aliphatic heterocycles. The molecule has 2 aromatic rings. The van der Waals surface area contributed by atoms with Crippen LogP contribution in [0.4, 0.5) is 11.4 Å². The fourth-order valence-corrected chi connectivity index (χ4v) is 3.79. The second-order valence-electron chi connectivity index (χ2n) is 8.03. The van der Waals surface area contributed by atoms with Gasteiger partial charge in [-0.2, -0.15) is 0 Å². The molecule has 0 saturated heterocycles. The molecule has 2 aromatic carbocycles. The van der Waals surface area contributed by atoms with Crippen LogP contribution >= 0.6 is 0 Å². The molecule has 2 rings (SSSR count). The van der Waals surface area contributed by atoms with E-state index in [1.54, 1.807) is 38.1 Å². The Kier molecular flexibility index (Phi) is 7.30. The van der Waals surface area contributed by atoms with Gasteiger partial charge in [-0.05, 0) is 60.7 Å². The quantitative estimate of drug-likeness (QED) is 0.659. The minimum absolute atomic E-state index is 0.00867. The predicted molar refractivity (Wildman–Crippen MR) is 118 cm³/mol. The molecule has 1 atom stereocenters. The summed E-state index contributed by atoms with van der Waals surface area (Å²) in [5.41, 5.74) is 2.14. The molecule has 2 N–H and O–H groups in total. The van der Waals surface area contributed by atoms with Crippen molar-refractivity contribution in [1.82, 2.24) is 0 Å². The minimum Gasteiger partial charge on any atom is -0.481 e. The molecule has 0 bridgehead atoms. The molecule has 0 saturated carbocycles. The Bertz CT molecular complexity index is 932. The first-order valence-corrected chi connectivity index (χ1v) is 11.3. The number of carbonyl (C=O) groups excluding carboxylic acids is 1. The highest BCUT2D eigenvalue weighted by atomic mass is 32.2. The molecule has 0 fully saturated rings. The zero-order valence-electron chi connectivity index (χ0n) is 17.7. The van der Waals surface area contributed by atoms with Crippen molar-refractivity contribution in [2.45, 2.75) is 52.6 Å². The van der Waals surface area contributed by atoms with Crippen molar-refractivity contribution in [2.24, 2.45) is 0 Å². The van der Waals surface area contributed by atoms with E-state index < -0.39 is 16.1 Å². The minimum atomic E-state index is -3.34. The molecular formula is C22H30N2O4S. The molecular weight excluding hydrogens is 388 g/mol. The summed E-state index contributed by atoms with van der Waals surface area (Å²) >= 11 is 0. The Labute approximate surface area is 173 Å². The topological polar surface area (TPSA) is 84.5 Å². The third-order valence-electron chi connectivity index (χ3n) is 4.28. The number of carbonyl (C=O) groups is 1. The molecule has 1 amide bonds. The number of sulfonamides is 1.